The molecule has 0 bridgehead atoms. The number of fused-ring (bicyclic) bond motifs is 1. The molecule has 2 heterocycles. The van der Waals surface area contributed by atoms with E-state index in [2.05, 4.69) is 6.92 Å². The van der Waals surface area contributed by atoms with Crippen LogP contribution in [0, 0.1) is 0 Å². The topological polar surface area (TPSA) is 63.2 Å². The molecule has 0 aromatic heterocycles. The van der Waals surface area contributed by atoms with Crippen LogP contribution in [0.3, 0.4) is 0 Å². The Morgan fingerprint density at radius 1 is 1.03 bits per heavy atom. The third-order valence-corrected chi connectivity index (χ3v) is 6.39. The van der Waals surface area contributed by atoms with E-state index in [0.29, 0.717) is 5.56 Å². The molecule has 6 nitrogen and oxygen atoms in total. The van der Waals surface area contributed by atoms with E-state index in [1.54, 1.807) is 19.2 Å². The first kappa shape index (κ1) is 27.0. The van der Waals surface area contributed by atoms with Crippen molar-refractivity contribution in [3.05, 3.63) is 96.1 Å². The van der Waals surface area contributed by atoms with Gasteiger partial charge in [-0.25, -0.2) is 4.79 Å². The van der Waals surface area contributed by atoms with Gasteiger partial charge in [0.15, 0.2) is 18.2 Å². The Kier molecular flexibility index (Phi) is 8.77. The summed E-state index contributed by atoms with van der Waals surface area (Å²) in [6.07, 6.45) is 7.76. The first-order valence-electron chi connectivity index (χ1n) is 12.8. The molecule has 5 atom stereocenters. The zero-order valence-corrected chi connectivity index (χ0v) is 22.1. The van der Waals surface area contributed by atoms with Crippen molar-refractivity contribution in [2.75, 3.05) is 7.11 Å². The van der Waals surface area contributed by atoms with Crippen LogP contribution in [0.4, 0.5) is 0 Å². The van der Waals surface area contributed by atoms with Crippen molar-refractivity contribution >= 4 is 5.97 Å². The lowest BCUT2D eigenvalue weighted by Gasteiger charge is -2.29. The third kappa shape index (κ3) is 6.28. The summed E-state index contributed by atoms with van der Waals surface area (Å²) >= 11 is 0. The highest BCUT2D eigenvalue weighted by Crippen LogP contribution is 2.41. The Morgan fingerprint density at radius 3 is 2.35 bits per heavy atom. The smallest absolute Gasteiger partial charge is 0.338 e. The molecule has 6 heteroatoms. The van der Waals surface area contributed by atoms with Crippen LogP contribution >= 0.6 is 0 Å². The molecule has 2 aliphatic rings. The van der Waals surface area contributed by atoms with Crippen molar-refractivity contribution in [2.45, 2.75) is 70.6 Å². The van der Waals surface area contributed by atoms with Crippen molar-refractivity contribution in [3.63, 3.8) is 0 Å². The highest BCUT2D eigenvalue weighted by Gasteiger charge is 2.58. The molecule has 2 aliphatic heterocycles. The van der Waals surface area contributed by atoms with Crippen molar-refractivity contribution in [1.82, 2.24) is 0 Å². The van der Waals surface area contributed by atoms with E-state index in [1.165, 1.54) is 0 Å². The maximum atomic E-state index is 13.4. The average Bonchev–Trinajstić information content (AvgIpc) is 3.40. The molecular formula is C31H36O6. The molecule has 5 unspecified atom stereocenters. The number of hydrogen-bond acceptors (Lipinski definition) is 6. The molecule has 2 aromatic rings. The van der Waals surface area contributed by atoms with E-state index in [9.17, 15) is 4.79 Å². The number of esters is 1. The molecule has 196 valence electrons. The number of methoxy groups -OCH3 is 1. The second kappa shape index (κ2) is 12.0. The van der Waals surface area contributed by atoms with Crippen LogP contribution in [0.1, 0.15) is 44.5 Å². The van der Waals surface area contributed by atoms with E-state index >= 15 is 0 Å². The minimum absolute atomic E-state index is 0.436. The zero-order chi connectivity index (χ0) is 26.4. The second-order valence-corrected chi connectivity index (χ2v) is 9.54. The number of rotatable bonds is 9. The predicted molar refractivity (Wildman–Crippen MR) is 143 cm³/mol. The van der Waals surface area contributed by atoms with E-state index in [-0.39, 0.29) is 0 Å². The van der Waals surface area contributed by atoms with Crippen LogP contribution in [-0.2, 0) is 23.7 Å². The van der Waals surface area contributed by atoms with Crippen molar-refractivity contribution < 1.29 is 28.5 Å². The molecule has 0 amide bonds. The van der Waals surface area contributed by atoms with Crippen LogP contribution in [0.5, 0.6) is 0 Å². The van der Waals surface area contributed by atoms with E-state index in [0.717, 1.165) is 23.1 Å². The molecule has 0 radical (unpaired) electrons. The summed E-state index contributed by atoms with van der Waals surface area (Å²) < 4.78 is 30.3. The van der Waals surface area contributed by atoms with Gasteiger partial charge < -0.3 is 23.7 Å². The molecule has 0 aliphatic carbocycles. The Balaban J connectivity index is 1.64. The molecule has 0 saturated carbocycles. The van der Waals surface area contributed by atoms with E-state index in [4.69, 9.17) is 23.7 Å². The van der Waals surface area contributed by atoms with Crippen molar-refractivity contribution in [3.8, 4) is 11.1 Å². The summed E-state index contributed by atoms with van der Waals surface area (Å²) in [5.74, 6) is -1.25. The average molecular weight is 505 g/mol. The van der Waals surface area contributed by atoms with Gasteiger partial charge in [-0.05, 0) is 56.0 Å². The molecule has 2 saturated heterocycles. The normalized spacial score (nSPS) is 26.0. The van der Waals surface area contributed by atoms with Crippen LogP contribution in [-0.4, -0.2) is 49.6 Å². The minimum atomic E-state index is -0.803. The Bertz CT molecular complexity index is 1130. The summed E-state index contributed by atoms with van der Waals surface area (Å²) in [5.41, 5.74) is 3.35. The second-order valence-electron chi connectivity index (χ2n) is 9.54. The Morgan fingerprint density at radius 2 is 1.70 bits per heavy atom. The van der Waals surface area contributed by atoms with Crippen LogP contribution in [0.15, 0.2) is 90.6 Å². The quantitative estimate of drug-likeness (QED) is 0.298. The summed E-state index contributed by atoms with van der Waals surface area (Å²) in [6, 6.07) is 17.4. The molecule has 0 N–H and O–H groups in total. The zero-order valence-electron chi connectivity index (χ0n) is 22.1. The van der Waals surface area contributed by atoms with Gasteiger partial charge in [-0.15, -0.1) is 0 Å². The Labute approximate surface area is 219 Å². The lowest BCUT2D eigenvalue weighted by molar-refractivity contribution is -0.234. The van der Waals surface area contributed by atoms with Crippen molar-refractivity contribution in [1.29, 1.82) is 0 Å². The van der Waals surface area contributed by atoms with Crippen molar-refractivity contribution in [2.24, 2.45) is 0 Å². The highest BCUT2D eigenvalue weighted by atomic mass is 16.8. The summed E-state index contributed by atoms with van der Waals surface area (Å²) in [5, 5.41) is 0. The lowest BCUT2D eigenvalue weighted by Crippen LogP contribution is -2.42. The largest absolute Gasteiger partial charge is 0.451 e. The maximum absolute atomic E-state index is 13.4. The highest BCUT2D eigenvalue weighted by molar-refractivity contribution is 5.90. The van der Waals surface area contributed by atoms with Crippen LogP contribution in [0.25, 0.3) is 11.1 Å². The Hall–Kier alpha value is -3.03. The fourth-order valence-electron chi connectivity index (χ4n) is 4.72. The maximum Gasteiger partial charge on any atom is 0.338 e. The minimum Gasteiger partial charge on any atom is -0.451 e. The van der Waals surface area contributed by atoms with E-state index in [1.807, 2.05) is 93.6 Å². The number of carbonyl (C=O) groups excluding carboxylic acids is 1. The molecule has 2 fully saturated rings. The number of carbonyl (C=O) groups is 1. The molecular weight excluding hydrogens is 468 g/mol. The number of allylic oxidation sites excluding steroid dienone is 4. The molecule has 2 aromatic carbocycles. The predicted octanol–water partition coefficient (Wildman–Crippen LogP) is 6.24. The van der Waals surface area contributed by atoms with Gasteiger partial charge in [-0.2, -0.15) is 0 Å². The third-order valence-electron chi connectivity index (χ3n) is 6.39. The first-order valence-corrected chi connectivity index (χ1v) is 12.8. The molecule has 4 rings (SSSR count). The number of ether oxygens (including phenoxy) is 5. The number of hydrogen-bond donors (Lipinski definition) is 0. The van der Waals surface area contributed by atoms with Gasteiger partial charge in [-0.3, -0.25) is 0 Å². The lowest BCUT2D eigenvalue weighted by atomic mass is 9.97. The van der Waals surface area contributed by atoms with Gasteiger partial charge in [0.05, 0.1) is 5.56 Å². The summed E-state index contributed by atoms with van der Waals surface area (Å²) in [6.45, 7) is 7.71. The number of benzene rings is 2. The first-order chi connectivity index (χ1) is 17.9. The summed E-state index contributed by atoms with van der Waals surface area (Å²) in [7, 11) is 1.57. The van der Waals surface area contributed by atoms with E-state index < -0.39 is 42.5 Å². The standard InChI is InChI=1S/C31H36O6/c1-6-8-10-16-23(13-7-2)25(26-27-28(30(33-5)35-26)37-31(3,4)36-27)34-29(32)24-19-17-22(18-20-24)21-14-11-9-12-15-21/h7-20,25-28,30H,6H2,1-5H3/b10-8-,13-7-,23-16+. The van der Waals surface area contributed by atoms with Gasteiger partial charge in [-0.1, -0.05) is 79.8 Å². The summed E-state index contributed by atoms with van der Waals surface area (Å²) in [4.78, 5) is 13.4. The van der Waals surface area contributed by atoms with Gasteiger partial charge in [0.1, 0.15) is 18.3 Å². The molecule has 0 spiro atoms. The fourth-order valence-corrected chi connectivity index (χ4v) is 4.72. The van der Waals surface area contributed by atoms with Gasteiger partial charge in [0, 0.05) is 7.11 Å². The monoisotopic (exact) mass is 504 g/mol. The van der Waals surface area contributed by atoms with Crippen LogP contribution in [0.2, 0.25) is 0 Å². The SMILES string of the molecule is C\C=C/C(=C\C=C/CC)C(OC(=O)c1ccc(-c2ccccc2)cc1)C1OC(OC)C2OC(C)(C)OC21. The van der Waals surface area contributed by atoms with Crippen LogP contribution < -0.4 is 0 Å². The molecule has 37 heavy (non-hydrogen) atoms. The van der Waals surface area contributed by atoms with Gasteiger partial charge >= 0.3 is 5.97 Å². The fraction of sp³-hybridized carbons (Fsp3) is 0.387. The van der Waals surface area contributed by atoms with Gasteiger partial charge in [0.2, 0.25) is 0 Å². The van der Waals surface area contributed by atoms with Gasteiger partial charge in [0.25, 0.3) is 0 Å².